The molecule has 0 saturated carbocycles. The number of halogens is 3. The molecule has 0 bridgehead atoms. The predicted octanol–water partition coefficient (Wildman–Crippen LogP) is 3.27. The molecule has 94 valence electrons. The fraction of sp³-hybridized carbons (Fsp3) is 0.100. The summed E-state index contributed by atoms with van der Waals surface area (Å²) in [4.78, 5) is 9.77. The highest BCUT2D eigenvalue weighted by Crippen LogP contribution is 2.36. The van der Waals surface area contributed by atoms with E-state index in [0.717, 1.165) is 12.1 Å². The topological polar surface area (TPSA) is 69.2 Å². The highest BCUT2D eigenvalue weighted by Gasteiger charge is 2.36. The van der Waals surface area contributed by atoms with E-state index in [1.165, 1.54) is 12.1 Å². The minimum Gasteiger partial charge on any atom is -0.363 e. The molecule has 0 radical (unpaired) electrons. The van der Waals surface area contributed by atoms with Crippen molar-refractivity contribution in [2.45, 2.75) is 6.18 Å². The van der Waals surface area contributed by atoms with Gasteiger partial charge >= 0.3 is 6.18 Å². The van der Waals surface area contributed by atoms with Crippen molar-refractivity contribution in [3.63, 3.8) is 0 Å². The molecule has 0 fully saturated rings. The molecule has 0 saturated heterocycles. The van der Waals surface area contributed by atoms with Gasteiger partial charge in [-0.15, -0.1) is 0 Å². The summed E-state index contributed by atoms with van der Waals surface area (Å²) in [6, 6.07) is 4.57. The zero-order valence-electron chi connectivity index (χ0n) is 8.64. The van der Waals surface area contributed by atoms with Crippen LogP contribution in [0.4, 0.5) is 18.9 Å². The second-order valence-corrected chi connectivity index (χ2v) is 3.38. The third kappa shape index (κ3) is 2.17. The van der Waals surface area contributed by atoms with E-state index in [1.54, 1.807) is 0 Å². The SMILES string of the molecule is O=[N+]([O-])c1ccc(-c2nocc2C(F)(F)F)cc1. The van der Waals surface area contributed by atoms with Crippen LogP contribution in [-0.4, -0.2) is 10.1 Å². The Morgan fingerprint density at radius 3 is 2.33 bits per heavy atom. The van der Waals surface area contributed by atoms with E-state index >= 15 is 0 Å². The second kappa shape index (κ2) is 4.13. The molecule has 0 N–H and O–H groups in total. The first-order valence-electron chi connectivity index (χ1n) is 4.66. The van der Waals surface area contributed by atoms with E-state index in [2.05, 4.69) is 9.68 Å². The van der Waals surface area contributed by atoms with Gasteiger partial charge in [0.05, 0.1) is 4.92 Å². The molecule has 5 nitrogen and oxygen atoms in total. The Morgan fingerprint density at radius 1 is 1.22 bits per heavy atom. The lowest BCUT2D eigenvalue weighted by Gasteiger charge is -2.04. The average Bonchev–Trinajstić information content (AvgIpc) is 2.77. The van der Waals surface area contributed by atoms with Crippen LogP contribution in [-0.2, 0) is 6.18 Å². The highest BCUT2D eigenvalue weighted by atomic mass is 19.4. The van der Waals surface area contributed by atoms with Crippen LogP contribution < -0.4 is 0 Å². The Bertz CT molecular complexity index is 575. The molecular formula is C10H5F3N2O3. The summed E-state index contributed by atoms with van der Waals surface area (Å²) in [6.07, 6.45) is -4.09. The van der Waals surface area contributed by atoms with Gasteiger partial charge in [-0.2, -0.15) is 13.2 Å². The lowest BCUT2D eigenvalue weighted by atomic mass is 10.1. The minimum absolute atomic E-state index is 0.0988. The van der Waals surface area contributed by atoms with Crippen molar-refractivity contribution in [1.82, 2.24) is 5.16 Å². The quantitative estimate of drug-likeness (QED) is 0.612. The summed E-state index contributed by atoms with van der Waals surface area (Å²) in [5, 5.41) is 13.7. The zero-order valence-corrected chi connectivity index (χ0v) is 8.64. The molecule has 0 spiro atoms. The van der Waals surface area contributed by atoms with Crippen molar-refractivity contribution in [2.24, 2.45) is 0 Å². The zero-order chi connectivity index (χ0) is 13.3. The molecule has 1 heterocycles. The number of hydrogen-bond acceptors (Lipinski definition) is 4. The first-order chi connectivity index (χ1) is 8.39. The van der Waals surface area contributed by atoms with Crippen LogP contribution in [0.3, 0.4) is 0 Å². The normalized spacial score (nSPS) is 11.5. The molecule has 0 unspecified atom stereocenters. The molecule has 2 rings (SSSR count). The lowest BCUT2D eigenvalue weighted by molar-refractivity contribution is -0.384. The lowest BCUT2D eigenvalue weighted by Crippen LogP contribution is -2.05. The van der Waals surface area contributed by atoms with Crippen LogP contribution in [0.15, 0.2) is 35.1 Å². The Hall–Kier alpha value is -2.38. The molecule has 0 atom stereocenters. The number of hydrogen-bond donors (Lipinski definition) is 0. The molecule has 2 aromatic rings. The predicted molar refractivity (Wildman–Crippen MR) is 53.6 cm³/mol. The summed E-state index contributed by atoms with van der Waals surface area (Å²) in [6.45, 7) is 0. The fourth-order valence-corrected chi connectivity index (χ4v) is 1.39. The van der Waals surface area contributed by atoms with E-state index in [0.29, 0.717) is 6.26 Å². The van der Waals surface area contributed by atoms with Gasteiger partial charge in [0.25, 0.3) is 5.69 Å². The number of rotatable bonds is 2. The monoisotopic (exact) mass is 258 g/mol. The average molecular weight is 258 g/mol. The first kappa shape index (κ1) is 12.1. The van der Waals surface area contributed by atoms with Crippen LogP contribution in [0.5, 0.6) is 0 Å². The Labute approximate surface area is 98.0 Å². The van der Waals surface area contributed by atoms with Gasteiger partial charge in [-0.3, -0.25) is 10.1 Å². The second-order valence-electron chi connectivity index (χ2n) is 3.38. The van der Waals surface area contributed by atoms with Gasteiger partial charge in [0.1, 0.15) is 17.5 Å². The largest absolute Gasteiger partial charge is 0.421 e. The van der Waals surface area contributed by atoms with Crippen LogP contribution >= 0.6 is 0 Å². The Morgan fingerprint density at radius 2 is 1.83 bits per heavy atom. The Kier molecular flexibility index (Phi) is 2.77. The van der Waals surface area contributed by atoms with Gasteiger partial charge in [0, 0.05) is 17.7 Å². The summed E-state index contributed by atoms with van der Waals surface area (Å²) in [5.74, 6) is 0. The summed E-state index contributed by atoms with van der Waals surface area (Å²) < 4.78 is 42.0. The van der Waals surface area contributed by atoms with Crippen LogP contribution in [0.25, 0.3) is 11.3 Å². The van der Waals surface area contributed by atoms with Crippen molar-refractivity contribution in [2.75, 3.05) is 0 Å². The summed E-state index contributed by atoms with van der Waals surface area (Å²) >= 11 is 0. The minimum atomic E-state index is -4.59. The highest BCUT2D eigenvalue weighted by molar-refractivity contribution is 5.64. The smallest absolute Gasteiger partial charge is 0.363 e. The molecule has 0 aliphatic rings. The number of non-ortho nitro benzene ring substituents is 1. The first-order valence-corrected chi connectivity index (χ1v) is 4.66. The molecule has 1 aromatic heterocycles. The van der Waals surface area contributed by atoms with E-state index < -0.39 is 22.4 Å². The van der Waals surface area contributed by atoms with Crippen molar-refractivity contribution >= 4 is 5.69 Å². The van der Waals surface area contributed by atoms with Crippen molar-refractivity contribution in [3.8, 4) is 11.3 Å². The van der Waals surface area contributed by atoms with Crippen LogP contribution in [0.1, 0.15) is 5.56 Å². The molecule has 1 aromatic carbocycles. The molecule has 8 heteroatoms. The third-order valence-electron chi connectivity index (χ3n) is 2.23. The summed E-state index contributed by atoms with van der Waals surface area (Å²) in [5.41, 5.74) is -1.52. The van der Waals surface area contributed by atoms with Gasteiger partial charge in [0.2, 0.25) is 0 Å². The van der Waals surface area contributed by atoms with Gasteiger partial charge in [-0.1, -0.05) is 5.16 Å². The van der Waals surface area contributed by atoms with Gasteiger partial charge in [-0.05, 0) is 12.1 Å². The number of aromatic nitrogens is 1. The molecule has 0 aliphatic heterocycles. The van der Waals surface area contributed by atoms with E-state index in [4.69, 9.17) is 0 Å². The summed E-state index contributed by atoms with van der Waals surface area (Å²) in [7, 11) is 0. The van der Waals surface area contributed by atoms with Crippen molar-refractivity contribution in [1.29, 1.82) is 0 Å². The standard InChI is InChI=1S/C10H5F3N2O3/c11-10(12,13)8-5-18-14-9(8)6-1-3-7(4-2-6)15(16)17/h1-5H. The number of nitro groups is 1. The van der Waals surface area contributed by atoms with Gasteiger partial charge in [0.15, 0.2) is 0 Å². The molecule has 0 amide bonds. The maximum atomic E-state index is 12.6. The number of nitro benzene ring substituents is 1. The van der Waals surface area contributed by atoms with E-state index in [-0.39, 0.29) is 11.3 Å². The van der Waals surface area contributed by atoms with Gasteiger partial charge in [-0.25, -0.2) is 0 Å². The van der Waals surface area contributed by atoms with Crippen molar-refractivity contribution < 1.29 is 22.6 Å². The maximum absolute atomic E-state index is 12.6. The number of benzene rings is 1. The van der Waals surface area contributed by atoms with Gasteiger partial charge < -0.3 is 4.52 Å². The van der Waals surface area contributed by atoms with Crippen LogP contribution in [0, 0.1) is 10.1 Å². The van der Waals surface area contributed by atoms with E-state index in [1.807, 2.05) is 0 Å². The molecule has 18 heavy (non-hydrogen) atoms. The molecule has 0 aliphatic carbocycles. The number of nitrogens with zero attached hydrogens (tertiary/aromatic N) is 2. The number of alkyl halides is 3. The van der Waals surface area contributed by atoms with E-state index in [9.17, 15) is 23.3 Å². The third-order valence-corrected chi connectivity index (χ3v) is 2.23. The Balaban J connectivity index is 2.44. The van der Waals surface area contributed by atoms with Crippen molar-refractivity contribution in [3.05, 3.63) is 46.2 Å². The fourth-order valence-electron chi connectivity index (χ4n) is 1.39. The maximum Gasteiger partial charge on any atom is 0.421 e. The van der Waals surface area contributed by atoms with Crippen LogP contribution in [0.2, 0.25) is 0 Å². The molecular weight excluding hydrogens is 253 g/mol.